The van der Waals surface area contributed by atoms with Crippen molar-refractivity contribution < 1.29 is 4.39 Å². The van der Waals surface area contributed by atoms with Crippen molar-refractivity contribution in [2.24, 2.45) is 0 Å². The summed E-state index contributed by atoms with van der Waals surface area (Å²) in [5.41, 5.74) is 4.80. The van der Waals surface area contributed by atoms with Gasteiger partial charge in [0.05, 0.1) is 33.0 Å². The lowest BCUT2D eigenvalue weighted by molar-refractivity contribution is 0.629. The Hall–Kier alpha value is -2.46. The molecule has 0 saturated heterocycles. The lowest BCUT2D eigenvalue weighted by atomic mass is 10.2. The van der Waals surface area contributed by atoms with E-state index in [0.717, 1.165) is 28.0 Å². The summed E-state index contributed by atoms with van der Waals surface area (Å²) in [6.07, 6.45) is 0. The number of hydrogen-bond acceptors (Lipinski definition) is 2. The summed E-state index contributed by atoms with van der Waals surface area (Å²) >= 11 is 6.35. The fraction of sp³-hybridized carbons (Fsp3) is 0.111. The average Bonchev–Trinajstić information content (AvgIpc) is 2.87. The maximum absolute atomic E-state index is 13.8. The van der Waals surface area contributed by atoms with Crippen LogP contribution >= 0.6 is 11.6 Å². The van der Waals surface area contributed by atoms with Crippen LogP contribution in [-0.4, -0.2) is 14.4 Å². The van der Waals surface area contributed by atoms with E-state index in [1.54, 1.807) is 6.07 Å². The number of hydrogen-bond donors (Lipinski definition) is 0. The molecule has 0 aliphatic carbocycles. The molecule has 0 unspecified atom stereocenters. The number of halogens is 2. The highest BCUT2D eigenvalue weighted by Gasteiger charge is 2.17. The number of rotatable bonds is 1. The third-order valence-electron chi connectivity index (χ3n) is 3.98. The number of benzene rings is 2. The lowest BCUT2D eigenvalue weighted by Gasteiger charge is -2.09. The predicted molar refractivity (Wildman–Crippen MR) is 90.4 cm³/mol. The van der Waals surface area contributed by atoms with Gasteiger partial charge in [0.2, 0.25) is 0 Å². The van der Waals surface area contributed by atoms with Gasteiger partial charge in [-0.25, -0.2) is 14.4 Å². The maximum Gasteiger partial charge on any atom is 0.146 e. The van der Waals surface area contributed by atoms with Gasteiger partial charge in [0.15, 0.2) is 0 Å². The molecule has 0 amide bonds. The fourth-order valence-electron chi connectivity index (χ4n) is 3.01. The Morgan fingerprint density at radius 1 is 1.00 bits per heavy atom. The van der Waals surface area contributed by atoms with E-state index >= 15 is 0 Å². The molecule has 0 aliphatic heterocycles. The fourth-order valence-corrected chi connectivity index (χ4v) is 3.23. The molecule has 0 saturated carbocycles. The Bertz CT molecular complexity index is 1070. The largest absolute Gasteiger partial charge is 0.289 e. The first kappa shape index (κ1) is 14.2. The van der Waals surface area contributed by atoms with E-state index in [4.69, 9.17) is 11.6 Å². The van der Waals surface area contributed by atoms with Crippen LogP contribution in [0.2, 0.25) is 5.02 Å². The zero-order valence-electron chi connectivity index (χ0n) is 12.6. The number of aromatic nitrogens is 3. The molecule has 0 bridgehead atoms. The molecule has 0 spiro atoms. The molecular weight excluding hydrogens is 313 g/mol. The second-order valence-electron chi connectivity index (χ2n) is 5.51. The van der Waals surface area contributed by atoms with Crippen molar-refractivity contribution in [2.75, 3.05) is 0 Å². The van der Waals surface area contributed by atoms with Crippen LogP contribution in [0.1, 0.15) is 11.4 Å². The molecule has 23 heavy (non-hydrogen) atoms. The van der Waals surface area contributed by atoms with Gasteiger partial charge in [0, 0.05) is 11.6 Å². The zero-order chi connectivity index (χ0) is 16.1. The van der Waals surface area contributed by atoms with Crippen molar-refractivity contribution in [3.8, 4) is 11.4 Å². The Labute approximate surface area is 137 Å². The van der Waals surface area contributed by atoms with Gasteiger partial charge in [0.25, 0.3) is 0 Å². The maximum atomic E-state index is 13.8. The summed E-state index contributed by atoms with van der Waals surface area (Å²) in [6, 6.07) is 12.1. The lowest BCUT2D eigenvalue weighted by Crippen LogP contribution is -1.98. The quantitative estimate of drug-likeness (QED) is 0.495. The second kappa shape index (κ2) is 5.03. The van der Waals surface area contributed by atoms with Gasteiger partial charge in [-0.2, -0.15) is 0 Å². The molecule has 0 fully saturated rings. The molecular formula is C18H13ClFN3. The summed E-state index contributed by atoms with van der Waals surface area (Å²) in [5, 5.41) is 0.610. The molecule has 0 N–H and O–H groups in total. The number of imidazole rings is 1. The van der Waals surface area contributed by atoms with Crippen molar-refractivity contribution in [3.63, 3.8) is 0 Å². The van der Waals surface area contributed by atoms with Gasteiger partial charge in [-0.05, 0) is 38.1 Å². The van der Waals surface area contributed by atoms with Gasteiger partial charge in [0.1, 0.15) is 11.6 Å². The summed E-state index contributed by atoms with van der Waals surface area (Å²) in [7, 11) is 0. The van der Waals surface area contributed by atoms with E-state index in [-0.39, 0.29) is 5.82 Å². The molecule has 114 valence electrons. The van der Waals surface area contributed by atoms with Crippen LogP contribution in [0.3, 0.4) is 0 Å². The minimum Gasteiger partial charge on any atom is -0.289 e. The number of fused-ring (bicyclic) bond motifs is 3. The molecule has 2 aromatic heterocycles. The van der Waals surface area contributed by atoms with Gasteiger partial charge in [-0.15, -0.1) is 0 Å². The monoisotopic (exact) mass is 325 g/mol. The Balaban J connectivity index is 2.24. The topological polar surface area (TPSA) is 30.2 Å². The second-order valence-corrected chi connectivity index (χ2v) is 5.92. The van der Waals surface area contributed by atoms with E-state index in [0.29, 0.717) is 16.4 Å². The molecule has 0 atom stereocenters. The van der Waals surface area contributed by atoms with E-state index in [9.17, 15) is 4.39 Å². The Morgan fingerprint density at radius 3 is 2.52 bits per heavy atom. The van der Waals surface area contributed by atoms with Gasteiger partial charge >= 0.3 is 0 Å². The number of aryl methyl sites for hydroxylation is 2. The highest BCUT2D eigenvalue weighted by atomic mass is 35.5. The van der Waals surface area contributed by atoms with Gasteiger partial charge < -0.3 is 0 Å². The molecule has 2 aromatic carbocycles. The Kier molecular flexibility index (Phi) is 3.10. The predicted octanol–water partition coefficient (Wildman–Crippen LogP) is 4.96. The van der Waals surface area contributed by atoms with Crippen molar-refractivity contribution in [1.82, 2.24) is 14.4 Å². The molecule has 0 aliphatic rings. The Morgan fingerprint density at radius 2 is 1.74 bits per heavy atom. The van der Waals surface area contributed by atoms with Crippen LogP contribution in [0.15, 0.2) is 42.5 Å². The summed E-state index contributed by atoms with van der Waals surface area (Å²) in [5.74, 6) is 0.394. The SMILES string of the molecule is Cc1nc(-c2ccccc2Cl)n2c1c(C)nc1ccc(F)cc12. The van der Waals surface area contributed by atoms with E-state index in [1.165, 1.54) is 12.1 Å². The van der Waals surface area contributed by atoms with Crippen molar-refractivity contribution in [1.29, 1.82) is 0 Å². The van der Waals surface area contributed by atoms with Crippen LogP contribution in [0.25, 0.3) is 27.9 Å². The third-order valence-corrected chi connectivity index (χ3v) is 4.31. The summed E-state index contributed by atoms with van der Waals surface area (Å²) in [6.45, 7) is 3.86. The van der Waals surface area contributed by atoms with Crippen LogP contribution in [0, 0.1) is 19.7 Å². The highest BCUT2D eigenvalue weighted by Crippen LogP contribution is 2.32. The molecule has 3 nitrogen and oxygen atoms in total. The van der Waals surface area contributed by atoms with Gasteiger partial charge in [-0.1, -0.05) is 23.7 Å². The normalized spacial score (nSPS) is 11.5. The zero-order valence-corrected chi connectivity index (χ0v) is 13.4. The minimum atomic E-state index is -0.305. The van der Waals surface area contributed by atoms with Crippen molar-refractivity contribution >= 4 is 28.2 Å². The molecule has 4 rings (SSSR count). The van der Waals surface area contributed by atoms with Crippen LogP contribution in [0.4, 0.5) is 4.39 Å². The number of nitrogens with zero attached hydrogens (tertiary/aromatic N) is 3. The van der Waals surface area contributed by atoms with Crippen LogP contribution < -0.4 is 0 Å². The molecule has 0 radical (unpaired) electrons. The molecule has 2 heterocycles. The van der Waals surface area contributed by atoms with Crippen molar-refractivity contribution in [3.05, 3.63) is 64.7 Å². The van der Waals surface area contributed by atoms with Crippen LogP contribution in [-0.2, 0) is 0 Å². The smallest absolute Gasteiger partial charge is 0.146 e. The third kappa shape index (κ3) is 2.10. The molecule has 4 aromatic rings. The van der Waals surface area contributed by atoms with Gasteiger partial charge in [-0.3, -0.25) is 4.40 Å². The molecule has 5 heteroatoms. The summed E-state index contributed by atoms with van der Waals surface area (Å²) in [4.78, 5) is 9.25. The standard InChI is InChI=1S/C18H13ClFN3/c1-10-17-11(2)22-18(13-5-3-4-6-14(13)19)23(17)16-9-12(20)7-8-15(16)21-10/h3-9H,1-2H3. The first-order valence-electron chi connectivity index (χ1n) is 7.26. The summed E-state index contributed by atoms with van der Waals surface area (Å²) < 4.78 is 15.7. The minimum absolute atomic E-state index is 0.305. The average molecular weight is 326 g/mol. The first-order valence-corrected chi connectivity index (χ1v) is 7.64. The van der Waals surface area contributed by atoms with E-state index < -0.39 is 0 Å². The van der Waals surface area contributed by atoms with E-state index in [2.05, 4.69) is 9.97 Å². The van der Waals surface area contributed by atoms with Crippen molar-refractivity contribution in [2.45, 2.75) is 13.8 Å². The highest BCUT2D eigenvalue weighted by molar-refractivity contribution is 6.33. The van der Waals surface area contributed by atoms with Crippen LogP contribution in [0.5, 0.6) is 0 Å². The van der Waals surface area contributed by atoms with E-state index in [1.807, 2.05) is 42.5 Å². The first-order chi connectivity index (χ1) is 11.1.